The van der Waals surface area contributed by atoms with E-state index in [1.807, 2.05) is 0 Å². The molecule has 2 heterocycles. The molecule has 3 aromatic rings. The van der Waals surface area contributed by atoms with E-state index < -0.39 is 0 Å². The van der Waals surface area contributed by atoms with Crippen LogP contribution in [-0.2, 0) is 0 Å². The van der Waals surface area contributed by atoms with E-state index in [-0.39, 0.29) is 0 Å². The molecule has 124 valence electrons. The lowest BCUT2D eigenvalue weighted by atomic mass is 10.1. The number of aromatic nitrogens is 2. The Kier molecular flexibility index (Phi) is 5.48. The van der Waals surface area contributed by atoms with Crippen molar-refractivity contribution in [3.05, 3.63) is 41.5 Å². The van der Waals surface area contributed by atoms with Gasteiger partial charge < -0.3 is 4.90 Å². The van der Waals surface area contributed by atoms with Gasteiger partial charge in [-0.15, -0.1) is 11.3 Å². The first-order chi connectivity index (χ1) is 11.6. The Balaban J connectivity index is 2.04. The molecule has 0 aliphatic heterocycles. The summed E-state index contributed by atoms with van der Waals surface area (Å²) in [5, 5.41) is 4.20. The lowest BCUT2D eigenvalue weighted by Gasteiger charge is -2.20. The second kappa shape index (κ2) is 7.59. The van der Waals surface area contributed by atoms with Gasteiger partial charge in [-0.2, -0.15) is 0 Å². The van der Waals surface area contributed by atoms with Crippen molar-refractivity contribution in [1.29, 1.82) is 0 Å². The van der Waals surface area contributed by atoms with Crippen molar-refractivity contribution in [2.75, 3.05) is 13.1 Å². The first kappa shape index (κ1) is 17.3. The minimum Gasteiger partial charge on any atom is -0.358 e. The summed E-state index contributed by atoms with van der Waals surface area (Å²) in [5.74, 6) is 0. The van der Waals surface area contributed by atoms with E-state index in [4.69, 9.17) is 12.2 Å². The number of fused-ring (bicyclic) bond motifs is 1. The molecular weight excluding hydrogens is 354 g/mol. The molecule has 2 aromatic heterocycles. The molecule has 24 heavy (non-hydrogen) atoms. The largest absolute Gasteiger partial charge is 0.358 e. The monoisotopic (exact) mass is 373 g/mol. The number of thioether (sulfide) groups is 1. The van der Waals surface area contributed by atoms with Gasteiger partial charge in [0, 0.05) is 24.0 Å². The van der Waals surface area contributed by atoms with E-state index in [9.17, 15) is 0 Å². The van der Waals surface area contributed by atoms with E-state index in [1.165, 1.54) is 16.7 Å². The predicted octanol–water partition coefficient (Wildman–Crippen LogP) is 5.39. The molecule has 3 rings (SSSR count). The minimum absolute atomic E-state index is 0.862. The Morgan fingerprint density at radius 3 is 2.54 bits per heavy atom. The van der Waals surface area contributed by atoms with Crippen LogP contribution in [0.2, 0.25) is 0 Å². The third-order valence-electron chi connectivity index (χ3n) is 3.90. The molecule has 0 atom stereocenters. The highest BCUT2D eigenvalue weighted by molar-refractivity contribution is 8.23. The number of thiocarbonyl (C=S) groups is 1. The molecular formula is C18H19N3S3. The number of hydrogen-bond donors (Lipinski definition) is 0. The van der Waals surface area contributed by atoms with E-state index in [0.29, 0.717) is 0 Å². The number of aryl methyl sites for hydroxylation is 1. The Morgan fingerprint density at radius 1 is 1.17 bits per heavy atom. The quantitative estimate of drug-likeness (QED) is 0.348. The molecule has 0 saturated carbocycles. The SMILES string of the molecule is CCN(CC)C(=S)Sc1ncnc2scc(-c3ccc(C)cc3)c12. The maximum absolute atomic E-state index is 5.60. The van der Waals surface area contributed by atoms with Gasteiger partial charge in [-0.3, -0.25) is 0 Å². The average molecular weight is 374 g/mol. The molecule has 0 saturated heterocycles. The second-order valence-electron chi connectivity index (χ2n) is 5.41. The van der Waals surface area contributed by atoms with Gasteiger partial charge >= 0.3 is 0 Å². The van der Waals surface area contributed by atoms with E-state index in [0.717, 1.165) is 32.7 Å². The summed E-state index contributed by atoms with van der Waals surface area (Å²) in [5.41, 5.74) is 3.63. The molecule has 0 bridgehead atoms. The fourth-order valence-electron chi connectivity index (χ4n) is 2.50. The summed E-state index contributed by atoms with van der Waals surface area (Å²) in [4.78, 5) is 12.1. The first-order valence-electron chi connectivity index (χ1n) is 7.90. The zero-order chi connectivity index (χ0) is 17.1. The lowest BCUT2D eigenvalue weighted by molar-refractivity contribution is 0.482. The molecule has 0 radical (unpaired) electrons. The van der Waals surface area contributed by atoms with Crippen molar-refractivity contribution in [2.45, 2.75) is 25.8 Å². The van der Waals surface area contributed by atoms with Crippen LogP contribution < -0.4 is 0 Å². The maximum atomic E-state index is 5.60. The van der Waals surface area contributed by atoms with E-state index in [2.05, 4.69) is 65.3 Å². The van der Waals surface area contributed by atoms with Gasteiger partial charge in [-0.1, -0.05) is 42.0 Å². The lowest BCUT2D eigenvalue weighted by Crippen LogP contribution is -2.26. The molecule has 0 N–H and O–H groups in total. The zero-order valence-corrected chi connectivity index (χ0v) is 16.4. The molecule has 0 amide bonds. The van der Waals surface area contributed by atoms with Crippen LogP contribution in [0.1, 0.15) is 19.4 Å². The number of hydrogen-bond acceptors (Lipinski definition) is 5. The van der Waals surface area contributed by atoms with Crippen molar-refractivity contribution in [3.8, 4) is 11.1 Å². The Bertz CT molecular complexity index is 852. The van der Waals surface area contributed by atoms with Gasteiger partial charge in [0.1, 0.15) is 20.5 Å². The third kappa shape index (κ3) is 3.45. The Morgan fingerprint density at radius 2 is 1.88 bits per heavy atom. The minimum atomic E-state index is 0.862. The predicted molar refractivity (Wildman–Crippen MR) is 109 cm³/mol. The van der Waals surface area contributed by atoms with Crippen molar-refractivity contribution < 1.29 is 0 Å². The smallest absolute Gasteiger partial charge is 0.142 e. The van der Waals surface area contributed by atoms with E-state index in [1.54, 1.807) is 29.4 Å². The van der Waals surface area contributed by atoms with E-state index >= 15 is 0 Å². The van der Waals surface area contributed by atoms with Gasteiger partial charge in [0.2, 0.25) is 0 Å². The third-order valence-corrected chi connectivity index (χ3v) is 6.23. The topological polar surface area (TPSA) is 29.0 Å². The second-order valence-corrected chi connectivity index (χ2v) is 7.90. The van der Waals surface area contributed by atoms with Crippen LogP contribution in [0.15, 0.2) is 41.0 Å². The summed E-state index contributed by atoms with van der Waals surface area (Å²) in [6.07, 6.45) is 1.63. The van der Waals surface area contributed by atoms with Gasteiger partial charge in [-0.05, 0) is 38.1 Å². The number of rotatable bonds is 4. The summed E-state index contributed by atoms with van der Waals surface area (Å²) < 4.78 is 0.862. The van der Waals surface area contributed by atoms with Gasteiger partial charge in [0.25, 0.3) is 0 Å². The zero-order valence-electron chi connectivity index (χ0n) is 13.9. The highest BCUT2D eigenvalue weighted by Crippen LogP contribution is 2.38. The fourth-order valence-corrected chi connectivity index (χ4v) is 4.94. The van der Waals surface area contributed by atoms with Gasteiger partial charge in [-0.25, -0.2) is 9.97 Å². The van der Waals surface area contributed by atoms with Crippen LogP contribution in [0.3, 0.4) is 0 Å². The summed E-state index contributed by atoms with van der Waals surface area (Å²) in [7, 11) is 0. The highest BCUT2D eigenvalue weighted by atomic mass is 32.2. The van der Waals surface area contributed by atoms with Crippen LogP contribution in [0.5, 0.6) is 0 Å². The van der Waals surface area contributed by atoms with Crippen molar-refractivity contribution in [2.24, 2.45) is 0 Å². The molecule has 0 unspecified atom stereocenters. The molecule has 0 aliphatic carbocycles. The Hall–Kier alpha value is -1.50. The molecule has 0 spiro atoms. The van der Waals surface area contributed by atoms with Crippen molar-refractivity contribution in [3.63, 3.8) is 0 Å². The first-order valence-corrected chi connectivity index (χ1v) is 10.0. The Labute approximate surface area is 156 Å². The van der Waals surface area contributed by atoms with Crippen LogP contribution in [0, 0.1) is 6.92 Å². The number of benzene rings is 1. The molecule has 0 fully saturated rings. The van der Waals surface area contributed by atoms with Gasteiger partial charge in [0.05, 0.1) is 5.39 Å². The average Bonchev–Trinajstić information content (AvgIpc) is 3.02. The number of thiophene rings is 1. The maximum Gasteiger partial charge on any atom is 0.142 e. The highest BCUT2D eigenvalue weighted by Gasteiger charge is 2.16. The van der Waals surface area contributed by atoms with Crippen LogP contribution in [-0.4, -0.2) is 32.3 Å². The van der Waals surface area contributed by atoms with Crippen molar-refractivity contribution >= 4 is 49.9 Å². The number of nitrogens with zero attached hydrogens (tertiary/aromatic N) is 3. The molecule has 1 aromatic carbocycles. The summed E-state index contributed by atoms with van der Waals surface area (Å²) in [6, 6.07) is 8.58. The molecule has 6 heteroatoms. The van der Waals surface area contributed by atoms with Gasteiger partial charge in [0.15, 0.2) is 0 Å². The normalized spacial score (nSPS) is 11.0. The molecule has 0 aliphatic rings. The van der Waals surface area contributed by atoms with Crippen molar-refractivity contribution in [1.82, 2.24) is 14.9 Å². The standard InChI is InChI=1S/C18H19N3S3/c1-4-21(5-2)18(22)24-17-15-14(10-23-16(15)19-11-20-17)13-8-6-12(3)7-9-13/h6-11H,4-5H2,1-3H3. The summed E-state index contributed by atoms with van der Waals surface area (Å²) >= 11 is 8.81. The van der Waals surface area contributed by atoms with Crippen LogP contribution >= 0.6 is 35.3 Å². The van der Waals surface area contributed by atoms with Crippen LogP contribution in [0.4, 0.5) is 0 Å². The van der Waals surface area contributed by atoms with Crippen LogP contribution in [0.25, 0.3) is 21.3 Å². The fraction of sp³-hybridized carbons (Fsp3) is 0.278. The summed E-state index contributed by atoms with van der Waals surface area (Å²) in [6.45, 7) is 8.15. The molecule has 3 nitrogen and oxygen atoms in total.